The first kappa shape index (κ1) is 38.6. The van der Waals surface area contributed by atoms with Crippen molar-refractivity contribution in [1.82, 2.24) is 9.97 Å². The van der Waals surface area contributed by atoms with Gasteiger partial charge in [-0.15, -0.1) is 11.3 Å². The fourth-order valence-electron chi connectivity index (χ4n) is 12.6. The van der Waals surface area contributed by atoms with Gasteiger partial charge in [0.1, 0.15) is 0 Å². The van der Waals surface area contributed by atoms with Crippen LogP contribution in [0.1, 0.15) is 44.5 Å². The molecule has 0 saturated carbocycles. The number of benzene rings is 10. The number of thiophene rings is 1. The van der Waals surface area contributed by atoms with Crippen molar-refractivity contribution in [3.05, 3.63) is 287 Å². The highest BCUT2D eigenvalue weighted by molar-refractivity contribution is 7.25. The number of aromatic nitrogens is 2. The van der Waals surface area contributed by atoms with Gasteiger partial charge in [0, 0.05) is 36.9 Å². The Labute approximate surface area is 404 Å². The van der Waals surface area contributed by atoms with E-state index in [0.29, 0.717) is 5.82 Å². The number of hydrogen-bond acceptors (Lipinski definition) is 3. The highest BCUT2D eigenvalue weighted by atomic mass is 32.1. The van der Waals surface area contributed by atoms with Gasteiger partial charge < -0.3 is 0 Å². The van der Waals surface area contributed by atoms with Crippen LogP contribution in [0.2, 0.25) is 0 Å². The molecule has 12 aromatic rings. The van der Waals surface area contributed by atoms with E-state index in [0.717, 1.165) is 33.6 Å². The van der Waals surface area contributed by atoms with Crippen LogP contribution in [0.25, 0.3) is 87.5 Å². The lowest BCUT2D eigenvalue weighted by atomic mass is 9.52. The summed E-state index contributed by atoms with van der Waals surface area (Å²) in [4.78, 5) is 10.5. The average molecular weight is 893 g/mol. The maximum absolute atomic E-state index is 5.30. The van der Waals surface area contributed by atoms with E-state index in [2.05, 4.69) is 243 Å². The fraction of sp³-hybridized carbons (Fsp3) is 0.0303. The molecular weight excluding hydrogens is 853 g/mol. The minimum Gasteiger partial charge on any atom is -0.228 e. The second kappa shape index (κ2) is 14.5. The largest absolute Gasteiger partial charge is 0.228 e. The van der Waals surface area contributed by atoms with Crippen molar-refractivity contribution in [1.29, 1.82) is 0 Å². The third kappa shape index (κ3) is 5.25. The summed E-state index contributed by atoms with van der Waals surface area (Å²) in [5.41, 5.74) is 22.1. The third-order valence-corrected chi connectivity index (χ3v) is 16.5. The van der Waals surface area contributed by atoms with Crippen LogP contribution >= 0.6 is 11.3 Å². The molecule has 0 aliphatic heterocycles. The zero-order valence-electron chi connectivity index (χ0n) is 37.4. The summed E-state index contributed by atoms with van der Waals surface area (Å²) in [6.45, 7) is 0. The van der Waals surface area contributed by atoms with Crippen molar-refractivity contribution in [3.8, 4) is 67.3 Å². The van der Waals surface area contributed by atoms with E-state index in [1.807, 2.05) is 11.3 Å². The van der Waals surface area contributed by atoms with Crippen molar-refractivity contribution in [3.63, 3.8) is 0 Å². The molecular formula is C66H40N2S. The predicted molar refractivity (Wildman–Crippen MR) is 285 cm³/mol. The Morgan fingerprint density at radius 3 is 1.30 bits per heavy atom. The molecule has 0 radical (unpaired) electrons. The fourth-order valence-corrected chi connectivity index (χ4v) is 13.7. The molecule has 0 unspecified atom stereocenters. The number of nitrogens with zero attached hydrogens (tertiary/aromatic N) is 2. The van der Waals surface area contributed by atoms with Gasteiger partial charge in [0.05, 0.1) is 22.2 Å². The van der Waals surface area contributed by atoms with Crippen LogP contribution in [0.4, 0.5) is 0 Å². The Kier molecular flexibility index (Phi) is 8.11. The van der Waals surface area contributed by atoms with Crippen molar-refractivity contribution in [2.75, 3.05) is 0 Å². The molecule has 0 atom stereocenters. The third-order valence-electron chi connectivity index (χ3n) is 15.4. The van der Waals surface area contributed by atoms with Gasteiger partial charge in [-0.3, -0.25) is 0 Å². The Bertz CT molecular complexity index is 4000. The lowest BCUT2D eigenvalue weighted by Crippen LogP contribution is -2.43. The molecule has 320 valence electrons. The highest BCUT2D eigenvalue weighted by Crippen LogP contribution is 2.67. The van der Waals surface area contributed by atoms with Gasteiger partial charge in [-0.25, -0.2) is 9.97 Å². The lowest BCUT2D eigenvalue weighted by molar-refractivity contribution is 0.633. The van der Waals surface area contributed by atoms with E-state index in [9.17, 15) is 0 Å². The van der Waals surface area contributed by atoms with Gasteiger partial charge in [0.2, 0.25) is 0 Å². The number of rotatable bonds is 4. The Morgan fingerprint density at radius 2 is 0.696 bits per heavy atom. The molecule has 15 rings (SSSR count). The smallest absolute Gasteiger partial charge is 0.160 e. The summed E-state index contributed by atoms with van der Waals surface area (Å²) in [5, 5.41) is 2.57. The first-order chi connectivity index (χ1) is 34.2. The highest BCUT2D eigenvalue weighted by Gasteiger charge is 2.58. The van der Waals surface area contributed by atoms with Gasteiger partial charge >= 0.3 is 0 Å². The molecule has 2 heterocycles. The van der Waals surface area contributed by atoms with Crippen molar-refractivity contribution in [2.45, 2.75) is 10.8 Å². The summed E-state index contributed by atoms with van der Waals surface area (Å²) < 4.78 is 2.55. The minimum atomic E-state index is -0.548. The number of fused-ring (bicyclic) bond motifs is 19. The maximum atomic E-state index is 5.30. The van der Waals surface area contributed by atoms with Gasteiger partial charge in [0.15, 0.2) is 5.82 Å². The minimum absolute atomic E-state index is 0.514. The summed E-state index contributed by atoms with van der Waals surface area (Å²) >= 11 is 1.83. The summed E-state index contributed by atoms with van der Waals surface area (Å²) in [7, 11) is 0. The van der Waals surface area contributed by atoms with Crippen molar-refractivity contribution in [2.24, 2.45) is 0 Å². The molecule has 0 saturated heterocycles. The maximum Gasteiger partial charge on any atom is 0.160 e. The van der Waals surface area contributed by atoms with E-state index in [1.165, 1.54) is 92.5 Å². The van der Waals surface area contributed by atoms with Gasteiger partial charge in [-0.05, 0) is 102 Å². The van der Waals surface area contributed by atoms with Gasteiger partial charge in [-0.1, -0.05) is 218 Å². The quantitative estimate of drug-likeness (QED) is 0.176. The molecule has 10 aromatic carbocycles. The Morgan fingerprint density at radius 1 is 0.261 bits per heavy atom. The topological polar surface area (TPSA) is 25.8 Å². The molecule has 2 spiro atoms. The van der Waals surface area contributed by atoms with Gasteiger partial charge in [-0.2, -0.15) is 0 Å². The van der Waals surface area contributed by atoms with Crippen LogP contribution in [-0.2, 0) is 10.8 Å². The molecule has 3 aliphatic carbocycles. The van der Waals surface area contributed by atoms with Crippen LogP contribution in [0.15, 0.2) is 243 Å². The molecule has 0 bridgehead atoms. The standard InChI is InChI=1S/C66H40N2S/c1-2-16-42(17-3-1)60-40-61(45-34-36-51-50-22-8-15-29-62(50)69-63(51)39-45)68-64(67-60)43-32-30-41(31-33-43)44-35-37-58-59(38-44)66(54-25-11-6-20-48(54)49-21-7-12-26-55(49)66)57-28-14-13-27-56(57)65(58)52-23-9-4-18-46(52)47-19-5-10-24-53(47)65/h1-40H. The first-order valence-corrected chi connectivity index (χ1v) is 24.6. The average Bonchev–Trinajstić information content (AvgIpc) is 4.05. The molecule has 3 heteroatoms. The van der Waals surface area contributed by atoms with E-state index in [-0.39, 0.29) is 0 Å². The molecule has 2 aromatic heterocycles. The molecule has 0 fully saturated rings. The molecule has 0 amide bonds. The molecule has 69 heavy (non-hydrogen) atoms. The first-order valence-electron chi connectivity index (χ1n) is 23.8. The van der Waals surface area contributed by atoms with Crippen LogP contribution in [0.3, 0.4) is 0 Å². The van der Waals surface area contributed by atoms with Crippen molar-refractivity contribution >= 4 is 31.5 Å². The number of hydrogen-bond donors (Lipinski definition) is 0. The molecule has 0 N–H and O–H groups in total. The van der Waals surface area contributed by atoms with Crippen LogP contribution < -0.4 is 0 Å². The second-order valence-corrected chi connectivity index (χ2v) is 19.8. The molecule has 3 aliphatic rings. The Balaban J connectivity index is 0.927. The van der Waals surface area contributed by atoms with E-state index in [1.54, 1.807) is 0 Å². The van der Waals surface area contributed by atoms with E-state index >= 15 is 0 Å². The lowest BCUT2D eigenvalue weighted by Gasteiger charge is -2.49. The summed E-state index contributed by atoms with van der Waals surface area (Å²) in [5.74, 6) is 0.704. The van der Waals surface area contributed by atoms with Crippen molar-refractivity contribution < 1.29 is 0 Å². The predicted octanol–water partition coefficient (Wildman–Crippen LogP) is 16.6. The Hall–Kier alpha value is -8.50. The van der Waals surface area contributed by atoms with E-state index in [4.69, 9.17) is 9.97 Å². The summed E-state index contributed by atoms with van der Waals surface area (Å²) in [6, 6.07) is 90.1. The van der Waals surface area contributed by atoms with Crippen LogP contribution in [0.5, 0.6) is 0 Å². The zero-order valence-corrected chi connectivity index (χ0v) is 38.2. The monoisotopic (exact) mass is 892 g/mol. The second-order valence-electron chi connectivity index (χ2n) is 18.7. The molecule has 2 nitrogen and oxygen atoms in total. The van der Waals surface area contributed by atoms with Crippen LogP contribution in [-0.4, -0.2) is 9.97 Å². The zero-order chi connectivity index (χ0) is 45.3. The van der Waals surface area contributed by atoms with Gasteiger partial charge in [0.25, 0.3) is 0 Å². The summed E-state index contributed by atoms with van der Waals surface area (Å²) in [6.07, 6.45) is 0. The van der Waals surface area contributed by atoms with Crippen LogP contribution in [0, 0.1) is 0 Å². The van der Waals surface area contributed by atoms with E-state index < -0.39 is 10.8 Å². The normalized spacial score (nSPS) is 14.0. The SMILES string of the molecule is c1ccc(-c2cc(-c3ccc4c(c3)sc3ccccc34)nc(-c3ccc(-c4ccc5c(c4)C4(c6ccccc6-c6ccccc64)c4ccccc4C54c5ccccc5-c5ccccc54)cc3)n2)cc1.